The summed E-state index contributed by atoms with van der Waals surface area (Å²) >= 11 is 12.4. The van der Waals surface area contributed by atoms with Gasteiger partial charge in [-0.1, -0.05) is 74.2 Å². The number of hydrogen-bond donors (Lipinski definition) is 1. The van der Waals surface area contributed by atoms with Crippen LogP contribution in [0, 0.1) is 0 Å². The molecule has 1 aliphatic carbocycles. The van der Waals surface area contributed by atoms with Gasteiger partial charge in [0, 0.05) is 22.6 Å². The van der Waals surface area contributed by atoms with Crippen LogP contribution in [0.4, 0.5) is 5.69 Å². The molecule has 1 atom stereocenters. The largest absolute Gasteiger partial charge is 0.352 e. The number of carbonyl (C=O) groups is 2. The van der Waals surface area contributed by atoms with E-state index >= 15 is 0 Å². The summed E-state index contributed by atoms with van der Waals surface area (Å²) in [6, 6.07) is 11.3. The average molecular weight is 569 g/mol. The molecule has 0 saturated heterocycles. The number of anilines is 1. The Bertz CT molecular complexity index is 1230. The van der Waals surface area contributed by atoms with E-state index in [0.29, 0.717) is 21.3 Å². The van der Waals surface area contributed by atoms with Gasteiger partial charge in [0.1, 0.15) is 12.6 Å². The second-order valence-electron chi connectivity index (χ2n) is 9.91. The van der Waals surface area contributed by atoms with Crippen molar-refractivity contribution in [2.75, 3.05) is 17.1 Å². The standard InChI is InChI=1S/C27H35Cl2N3O4S/c1-18(2)23-11-7-8-12-25(23)32(37(4,35)36)17-26(33)31(16-20-13-14-21(28)15-24(20)29)19(3)27(34)30-22-9-5-6-10-22/h7-8,11-15,18-19,22H,5-6,9-10,16-17H2,1-4H3,(H,30,34)/t19-/m0/s1. The summed E-state index contributed by atoms with van der Waals surface area (Å²) in [7, 11) is -3.81. The fraction of sp³-hybridized carbons (Fsp3) is 0.481. The molecule has 7 nitrogen and oxygen atoms in total. The molecule has 2 aromatic carbocycles. The molecule has 0 bridgehead atoms. The third-order valence-electron chi connectivity index (χ3n) is 6.73. The van der Waals surface area contributed by atoms with Gasteiger partial charge in [-0.15, -0.1) is 0 Å². The molecular formula is C27H35Cl2N3O4S. The number of hydrogen-bond acceptors (Lipinski definition) is 4. The van der Waals surface area contributed by atoms with Crippen molar-refractivity contribution >= 4 is 50.7 Å². The van der Waals surface area contributed by atoms with E-state index in [4.69, 9.17) is 23.2 Å². The number of rotatable bonds is 10. The van der Waals surface area contributed by atoms with Crippen molar-refractivity contribution in [2.45, 2.75) is 71.0 Å². The van der Waals surface area contributed by atoms with Crippen LogP contribution in [0.25, 0.3) is 0 Å². The summed E-state index contributed by atoms with van der Waals surface area (Å²) in [5, 5.41) is 3.86. The van der Waals surface area contributed by atoms with Crippen LogP contribution in [-0.2, 0) is 26.2 Å². The molecule has 1 N–H and O–H groups in total. The zero-order chi connectivity index (χ0) is 27.3. The normalized spacial score (nSPS) is 15.0. The van der Waals surface area contributed by atoms with Crippen molar-refractivity contribution < 1.29 is 18.0 Å². The lowest BCUT2D eigenvalue weighted by Crippen LogP contribution is -2.52. The third kappa shape index (κ3) is 7.62. The van der Waals surface area contributed by atoms with Crippen molar-refractivity contribution in [3.8, 4) is 0 Å². The lowest BCUT2D eigenvalue weighted by Gasteiger charge is -2.33. The number of amides is 2. The molecule has 37 heavy (non-hydrogen) atoms. The minimum absolute atomic E-state index is 0.0253. The Morgan fingerprint density at radius 1 is 1.05 bits per heavy atom. The van der Waals surface area contributed by atoms with Gasteiger partial charge >= 0.3 is 0 Å². The van der Waals surface area contributed by atoms with Gasteiger partial charge in [0.2, 0.25) is 21.8 Å². The van der Waals surface area contributed by atoms with Crippen LogP contribution in [0.1, 0.15) is 63.5 Å². The predicted octanol–water partition coefficient (Wildman–Crippen LogP) is 5.36. The minimum Gasteiger partial charge on any atom is -0.352 e. The first-order valence-corrected chi connectivity index (χ1v) is 15.1. The van der Waals surface area contributed by atoms with Crippen molar-refractivity contribution in [2.24, 2.45) is 0 Å². The predicted molar refractivity (Wildman–Crippen MR) is 150 cm³/mol. The summed E-state index contributed by atoms with van der Waals surface area (Å²) < 4.78 is 26.9. The number of halogens is 2. The maximum Gasteiger partial charge on any atom is 0.244 e. The van der Waals surface area contributed by atoms with Crippen LogP contribution in [0.3, 0.4) is 0 Å². The van der Waals surface area contributed by atoms with E-state index in [1.165, 1.54) is 4.90 Å². The molecular weight excluding hydrogens is 533 g/mol. The van der Waals surface area contributed by atoms with Gasteiger partial charge in [0.15, 0.2) is 0 Å². The zero-order valence-corrected chi connectivity index (χ0v) is 24.0. The number of nitrogens with one attached hydrogen (secondary N) is 1. The number of nitrogens with zero attached hydrogens (tertiary/aromatic N) is 2. The van der Waals surface area contributed by atoms with E-state index in [0.717, 1.165) is 41.8 Å². The highest BCUT2D eigenvalue weighted by atomic mass is 35.5. The van der Waals surface area contributed by atoms with Gasteiger partial charge in [-0.2, -0.15) is 0 Å². The maximum atomic E-state index is 13.8. The van der Waals surface area contributed by atoms with E-state index in [1.54, 1.807) is 37.3 Å². The number of sulfonamides is 1. The fourth-order valence-corrected chi connectivity index (χ4v) is 5.94. The highest BCUT2D eigenvalue weighted by Gasteiger charge is 2.32. The molecule has 1 saturated carbocycles. The molecule has 0 unspecified atom stereocenters. The number of para-hydroxylation sites is 1. The molecule has 0 heterocycles. The van der Waals surface area contributed by atoms with Gasteiger partial charge in [-0.05, 0) is 55.0 Å². The summed E-state index contributed by atoms with van der Waals surface area (Å²) in [6.07, 6.45) is 5.00. The molecule has 2 amide bonds. The smallest absolute Gasteiger partial charge is 0.244 e. The Hall–Kier alpha value is -2.29. The monoisotopic (exact) mass is 567 g/mol. The molecule has 3 rings (SSSR count). The van der Waals surface area contributed by atoms with Crippen LogP contribution >= 0.6 is 23.2 Å². The van der Waals surface area contributed by atoms with Gasteiger partial charge in [0.05, 0.1) is 11.9 Å². The van der Waals surface area contributed by atoms with E-state index in [-0.39, 0.29) is 24.4 Å². The first kappa shape index (κ1) is 29.3. The van der Waals surface area contributed by atoms with Gasteiger partial charge in [0.25, 0.3) is 0 Å². The minimum atomic E-state index is -3.81. The Kier molecular flexibility index (Phi) is 9.89. The highest BCUT2D eigenvalue weighted by Crippen LogP contribution is 2.30. The maximum absolute atomic E-state index is 13.8. The van der Waals surface area contributed by atoms with Crippen molar-refractivity contribution in [3.05, 3.63) is 63.6 Å². The van der Waals surface area contributed by atoms with Gasteiger partial charge in [-0.25, -0.2) is 8.42 Å². The zero-order valence-electron chi connectivity index (χ0n) is 21.7. The Morgan fingerprint density at radius 3 is 2.30 bits per heavy atom. The van der Waals surface area contributed by atoms with Crippen LogP contribution in [0.5, 0.6) is 0 Å². The Morgan fingerprint density at radius 2 is 1.70 bits per heavy atom. The molecule has 202 valence electrons. The molecule has 10 heteroatoms. The van der Waals surface area contributed by atoms with Crippen LogP contribution in [0.15, 0.2) is 42.5 Å². The lowest BCUT2D eigenvalue weighted by molar-refractivity contribution is -0.139. The SMILES string of the molecule is CC(C)c1ccccc1N(CC(=O)N(Cc1ccc(Cl)cc1Cl)[C@@H](C)C(=O)NC1CCCC1)S(C)(=O)=O. The fourth-order valence-electron chi connectivity index (χ4n) is 4.61. The number of benzene rings is 2. The van der Waals surface area contributed by atoms with E-state index in [2.05, 4.69) is 5.32 Å². The van der Waals surface area contributed by atoms with Crippen LogP contribution < -0.4 is 9.62 Å². The van der Waals surface area contributed by atoms with Crippen molar-refractivity contribution in [1.29, 1.82) is 0 Å². The molecule has 0 radical (unpaired) electrons. The summed E-state index contributed by atoms with van der Waals surface area (Å²) in [6.45, 7) is 5.15. The topological polar surface area (TPSA) is 86.8 Å². The molecule has 0 aliphatic heterocycles. The van der Waals surface area contributed by atoms with Gasteiger partial charge in [-0.3, -0.25) is 13.9 Å². The first-order chi connectivity index (χ1) is 17.4. The third-order valence-corrected chi connectivity index (χ3v) is 8.44. The van der Waals surface area contributed by atoms with E-state index in [1.807, 2.05) is 26.0 Å². The molecule has 1 fully saturated rings. The van der Waals surface area contributed by atoms with E-state index < -0.39 is 28.5 Å². The van der Waals surface area contributed by atoms with Crippen molar-refractivity contribution in [3.63, 3.8) is 0 Å². The van der Waals surface area contributed by atoms with Crippen LogP contribution in [0.2, 0.25) is 10.0 Å². The highest BCUT2D eigenvalue weighted by molar-refractivity contribution is 7.92. The molecule has 1 aliphatic rings. The second-order valence-corrected chi connectivity index (χ2v) is 12.7. The molecule has 0 spiro atoms. The molecule has 0 aromatic heterocycles. The Labute approximate surface area is 230 Å². The molecule has 2 aromatic rings. The quantitative estimate of drug-likeness (QED) is 0.418. The van der Waals surface area contributed by atoms with Gasteiger partial charge < -0.3 is 10.2 Å². The summed E-state index contributed by atoms with van der Waals surface area (Å²) in [4.78, 5) is 28.4. The van der Waals surface area contributed by atoms with E-state index in [9.17, 15) is 18.0 Å². The second kappa shape index (κ2) is 12.5. The van der Waals surface area contributed by atoms with Crippen molar-refractivity contribution in [1.82, 2.24) is 10.2 Å². The summed E-state index contributed by atoms with van der Waals surface area (Å²) in [5.41, 5.74) is 1.86. The first-order valence-electron chi connectivity index (χ1n) is 12.5. The lowest BCUT2D eigenvalue weighted by atomic mass is 10.0. The average Bonchev–Trinajstić information content (AvgIpc) is 3.33. The summed E-state index contributed by atoms with van der Waals surface area (Å²) in [5.74, 6) is -0.751. The number of carbonyl (C=O) groups excluding carboxylic acids is 2. The Balaban J connectivity index is 1.95. The van der Waals surface area contributed by atoms with Crippen LogP contribution in [-0.4, -0.2) is 50.0 Å².